The van der Waals surface area contributed by atoms with Crippen LogP contribution in [0, 0.1) is 0 Å². The third-order valence-electron chi connectivity index (χ3n) is 4.13. The van der Waals surface area contributed by atoms with Crippen LogP contribution in [-0.4, -0.2) is 39.2 Å². The fourth-order valence-electron chi connectivity index (χ4n) is 3.28. The van der Waals surface area contributed by atoms with Gasteiger partial charge in [0.05, 0.1) is 11.9 Å². The second kappa shape index (κ2) is 7.52. The lowest BCUT2D eigenvalue weighted by Crippen LogP contribution is -2.42. The van der Waals surface area contributed by atoms with Crippen molar-refractivity contribution >= 4 is 22.9 Å². The van der Waals surface area contributed by atoms with Crippen molar-refractivity contribution in [3.63, 3.8) is 0 Å². The van der Waals surface area contributed by atoms with E-state index in [-0.39, 0.29) is 24.4 Å². The largest absolute Gasteiger partial charge is 0.443 e. The topological polar surface area (TPSA) is 51.5 Å². The molecule has 0 aliphatic heterocycles. The maximum Gasteiger partial charge on any atom is 0.419 e. The van der Waals surface area contributed by atoms with Gasteiger partial charge in [-0.05, 0) is 60.1 Å². The molecular formula is C21H30N2O3. The van der Waals surface area contributed by atoms with E-state index in [2.05, 4.69) is 0 Å². The van der Waals surface area contributed by atoms with E-state index in [4.69, 9.17) is 4.74 Å². The number of nitrogens with zero attached hydrogens (tertiary/aromatic N) is 2. The fraction of sp³-hybridized carbons (Fsp3) is 0.524. The molecule has 26 heavy (non-hydrogen) atoms. The Morgan fingerprint density at radius 2 is 1.65 bits per heavy atom. The predicted octanol–water partition coefficient (Wildman–Crippen LogP) is 4.61. The van der Waals surface area contributed by atoms with Crippen LogP contribution in [0.1, 0.15) is 54.0 Å². The average molecular weight is 358 g/mol. The van der Waals surface area contributed by atoms with Crippen LogP contribution in [0.3, 0.4) is 0 Å². The maximum atomic E-state index is 12.8. The van der Waals surface area contributed by atoms with Crippen LogP contribution in [0.25, 0.3) is 10.9 Å². The molecule has 1 aromatic carbocycles. The van der Waals surface area contributed by atoms with Gasteiger partial charge < -0.3 is 9.64 Å². The minimum Gasteiger partial charge on any atom is -0.443 e. The van der Waals surface area contributed by atoms with Crippen LogP contribution in [0.5, 0.6) is 0 Å². The highest BCUT2D eigenvalue weighted by Crippen LogP contribution is 2.24. The Balaban J connectivity index is 2.40. The van der Waals surface area contributed by atoms with Gasteiger partial charge in [-0.15, -0.1) is 0 Å². The summed E-state index contributed by atoms with van der Waals surface area (Å²) in [6, 6.07) is 7.86. The fourth-order valence-corrected chi connectivity index (χ4v) is 3.28. The smallest absolute Gasteiger partial charge is 0.419 e. The highest BCUT2D eigenvalue weighted by molar-refractivity contribution is 5.94. The van der Waals surface area contributed by atoms with Crippen molar-refractivity contribution in [2.75, 3.05) is 0 Å². The lowest BCUT2D eigenvalue weighted by Gasteiger charge is -2.30. The number of aromatic nitrogens is 1. The van der Waals surface area contributed by atoms with Gasteiger partial charge in [0.2, 0.25) is 5.91 Å². The van der Waals surface area contributed by atoms with Gasteiger partial charge in [0.15, 0.2) is 0 Å². The Hall–Kier alpha value is -2.30. The molecule has 0 saturated carbocycles. The number of carbonyl (C=O) groups is 2. The van der Waals surface area contributed by atoms with E-state index in [9.17, 15) is 9.59 Å². The molecule has 1 aromatic heterocycles. The molecule has 0 aliphatic carbocycles. The van der Waals surface area contributed by atoms with Crippen molar-refractivity contribution in [1.29, 1.82) is 0 Å². The summed E-state index contributed by atoms with van der Waals surface area (Å²) in [5.74, 6) is 0.0575. The molecule has 1 amide bonds. The molecule has 0 N–H and O–H groups in total. The molecule has 0 atom stereocenters. The van der Waals surface area contributed by atoms with Crippen LogP contribution < -0.4 is 0 Å². The zero-order valence-corrected chi connectivity index (χ0v) is 16.9. The Bertz CT molecular complexity index is 789. The minimum atomic E-state index is -0.579. The predicted molar refractivity (Wildman–Crippen MR) is 104 cm³/mol. The third kappa shape index (κ3) is 4.45. The first-order chi connectivity index (χ1) is 12.0. The lowest BCUT2D eigenvalue weighted by atomic mass is 10.1. The van der Waals surface area contributed by atoms with E-state index in [0.29, 0.717) is 0 Å². The van der Waals surface area contributed by atoms with Crippen LogP contribution >= 0.6 is 0 Å². The first kappa shape index (κ1) is 20.0. The second-order valence-corrected chi connectivity index (χ2v) is 8.19. The van der Waals surface area contributed by atoms with Gasteiger partial charge in [-0.1, -0.05) is 18.2 Å². The summed E-state index contributed by atoms with van der Waals surface area (Å²) < 4.78 is 7.00. The summed E-state index contributed by atoms with van der Waals surface area (Å²) in [5.41, 5.74) is 1.01. The molecule has 142 valence electrons. The highest BCUT2D eigenvalue weighted by Gasteiger charge is 2.24. The van der Waals surface area contributed by atoms with Gasteiger partial charge in [0.25, 0.3) is 0 Å². The summed E-state index contributed by atoms with van der Waals surface area (Å²) >= 11 is 0. The zero-order valence-electron chi connectivity index (χ0n) is 16.9. The van der Waals surface area contributed by atoms with Gasteiger partial charge in [0, 0.05) is 23.7 Å². The third-order valence-corrected chi connectivity index (χ3v) is 4.13. The number of hydrogen-bond donors (Lipinski definition) is 0. The molecule has 0 fully saturated rings. The van der Waals surface area contributed by atoms with Gasteiger partial charge in [-0.2, -0.15) is 0 Å². The number of carbonyl (C=O) groups excluding carboxylic acids is 2. The number of hydrogen-bond acceptors (Lipinski definition) is 3. The molecule has 0 saturated heterocycles. The van der Waals surface area contributed by atoms with E-state index >= 15 is 0 Å². The minimum absolute atomic E-state index is 0.0575. The molecule has 2 rings (SSSR count). The molecule has 0 spiro atoms. The van der Waals surface area contributed by atoms with Gasteiger partial charge in [-0.3, -0.25) is 9.36 Å². The molecule has 1 heterocycles. The van der Waals surface area contributed by atoms with E-state index in [1.165, 1.54) is 4.57 Å². The van der Waals surface area contributed by atoms with Crippen LogP contribution in [0.4, 0.5) is 4.79 Å². The number of benzene rings is 1. The summed E-state index contributed by atoms with van der Waals surface area (Å²) in [5, 5.41) is 0.902. The summed E-state index contributed by atoms with van der Waals surface area (Å²) in [4.78, 5) is 27.3. The highest BCUT2D eigenvalue weighted by atomic mass is 16.6. The molecule has 0 unspecified atom stereocenters. The normalized spacial score (nSPS) is 12.0. The van der Waals surface area contributed by atoms with E-state index in [1.54, 1.807) is 6.20 Å². The quantitative estimate of drug-likeness (QED) is 0.802. The Labute approximate surface area is 155 Å². The first-order valence-electron chi connectivity index (χ1n) is 9.14. The maximum absolute atomic E-state index is 12.8. The molecule has 5 nitrogen and oxygen atoms in total. The molecule has 0 bridgehead atoms. The summed E-state index contributed by atoms with van der Waals surface area (Å²) in [6.45, 7) is 13.6. The number of fused-ring (bicyclic) bond motifs is 1. The van der Waals surface area contributed by atoms with Crippen molar-refractivity contribution in [3.8, 4) is 0 Å². The number of amides is 1. The second-order valence-electron chi connectivity index (χ2n) is 8.19. The van der Waals surface area contributed by atoms with Crippen LogP contribution in [0.15, 0.2) is 30.5 Å². The van der Waals surface area contributed by atoms with Crippen molar-refractivity contribution in [2.45, 2.75) is 72.6 Å². The monoisotopic (exact) mass is 358 g/mol. The van der Waals surface area contributed by atoms with Crippen molar-refractivity contribution in [3.05, 3.63) is 36.0 Å². The zero-order chi connectivity index (χ0) is 19.6. The Kier molecular flexibility index (Phi) is 5.79. The summed E-state index contributed by atoms with van der Waals surface area (Å²) in [7, 11) is 0. The van der Waals surface area contributed by atoms with Crippen molar-refractivity contribution < 1.29 is 14.3 Å². The number of ether oxygens (including phenoxy) is 1. The van der Waals surface area contributed by atoms with Gasteiger partial charge >= 0.3 is 6.09 Å². The van der Waals surface area contributed by atoms with Gasteiger partial charge in [0.1, 0.15) is 5.60 Å². The van der Waals surface area contributed by atoms with E-state index in [0.717, 1.165) is 16.5 Å². The van der Waals surface area contributed by atoms with Gasteiger partial charge in [-0.25, -0.2) is 4.79 Å². The van der Waals surface area contributed by atoms with E-state index in [1.807, 2.05) is 77.6 Å². The van der Waals surface area contributed by atoms with Crippen LogP contribution in [0.2, 0.25) is 0 Å². The standard InChI is InChI=1S/C21H30N2O3/c1-14(2)23(15(3)4)19(24)12-16-13-22(20(25)26-21(5,6)7)18-11-9-8-10-17(16)18/h8-11,13-15H,12H2,1-7H3. The number of para-hydroxylation sites is 1. The molecule has 0 radical (unpaired) electrons. The first-order valence-corrected chi connectivity index (χ1v) is 9.14. The Morgan fingerprint density at radius 3 is 2.19 bits per heavy atom. The molecule has 5 heteroatoms. The average Bonchev–Trinajstić information content (AvgIpc) is 2.84. The number of rotatable bonds is 4. The molecule has 0 aliphatic rings. The van der Waals surface area contributed by atoms with Crippen LogP contribution in [-0.2, 0) is 16.0 Å². The summed E-state index contributed by atoms with van der Waals surface area (Å²) in [6.07, 6.45) is 1.55. The molecule has 2 aromatic rings. The van der Waals surface area contributed by atoms with Crippen molar-refractivity contribution in [2.24, 2.45) is 0 Å². The lowest BCUT2D eigenvalue weighted by molar-refractivity contribution is -0.134. The Morgan fingerprint density at radius 1 is 1.08 bits per heavy atom. The van der Waals surface area contributed by atoms with E-state index < -0.39 is 11.7 Å². The van der Waals surface area contributed by atoms with Crippen molar-refractivity contribution in [1.82, 2.24) is 9.47 Å². The molecular weight excluding hydrogens is 328 g/mol. The SMILES string of the molecule is CC(C)N(C(=O)Cc1cn(C(=O)OC(C)(C)C)c2ccccc12)C(C)C.